The topological polar surface area (TPSA) is 9.86 Å². The number of fused-ring (bicyclic) bond motifs is 7. The Balaban J connectivity index is 1.53. The SMILES string of the molecule is [2H]c1c([2H])c([2H])c(-c2c([2H])c([2H])c(-n3c4cc([2H])c5c(c6c([2H])c([2H])c([2H])c([2H])c6n5-c5c([2H])c([2H])c(-c6c([2H])c([2H])c([2H])c([2H])c6[2H])c([2H])c5[2H])c4c4c([2H])c([2H])c([2H])c([2H])c43)c([2H])c2[2H])c([2H])c1[2H]. The third kappa shape index (κ3) is 3.75. The van der Waals surface area contributed by atoms with Gasteiger partial charge in [-0.05, 0) is 70.6 Å². The second kappa shape index (κ2) is 9.86. The van der Waals surface area contributed by atoms with Crippen LogP contribution in [0, 0.1) is 0 Å². The molecule has 44 heavy (non-hydrogen) atoms. The number of hydrogen-bond acceptors (Lipinski definition) is 0. The fraction of sp³-hybridized carbons (Fsp3) is 0. The first-order chi connectivity index (χ1) is 33.1. The number of aromatic nitrogens is 2. The molecule has 0 saturated heterocycles. The van der Waals surface area contributed by atoms with Crippen molar-refractivity contribution in [2.24, 2.45) is 0 Å². The van der Waals surface area contributed by atoms with E-state index in [9.17, 15) is 12.3 Å². The molecule has 0 aliphatic heterocycles. The number of hydrogen-bond donors (Lipinski definition) is 0. The molecule has 0 spiro atoms. The summed E-state index contributed by atoms with van der Waals surface area (Å²) in [7, 11) is 0. The van der Waals surface area contributed by atoms with Crippen molar-refractivity contribution < 1.29 is 37.0 Å². The molecule has 0 amide bonds. The maximum atomic E-state index is 9.63. The van der Waals surface area contributed by atoms with Gasteiger partial charge in [0.1, 0.15) is 0 Å². The van der Waals surface area contributed by atoms with Crippen LogP contribution in [0.25, 0.3) is 77.2 Å². The lowest BCUT2D eigenvalue weighted by molar-refractivity contribution is 1.17. The minimum Gasteiger partial charge on any atom is -0.309 e. The van der Waals surface area contributed by atoms with Gasteiger partial charge in [0.05, 0.1) is 59.1 Å². The Bertz CT molecular complexity index is 3900. The zero-order valence-electron chi connectivity index (χ0n) is 49.0. The maximum absolute atomic E-state index is 9.63. The highest BCUT2D eigenvalue weighted by Gasteiger charge is 2.20. The molecule has 0 N–H and O–H groups in total. The van der Waals surface area contributed by atoms with E-state index in [2.05, 4.69) is 0 Å². The monoisotopic (exact) mass is 587 g/mol. The molecule has 2 heteroatoms. The average Bonchev–Trinajstić information content (AvgIpc) is 3.86. The molecule has 0 aliphatic carbocycles. The van der Waals surface area contributed by atoms with E-state index in [-0.39, 0.29) is 10.9 Å². The molecule has 2 heterocycles. The van der Waals surface area contributed by atoms with E-state index in [1.807, 2.05) is 0 Å². The maximum Gasteiger partial charge on any atom is 0.0646 e. The van der Waals surface area contributed by atoms with E-state index in [1.165, 1.54) is 0 Å². The molecule has 0 fully saturated rings. The van der Waals surface area contributed by atoms with Gasteiger partial charge in [-0.25, -0.2) is 0 Å². The van der Waals surface area contributed by atoms with Crippen molar-refractivity contribution in [3.8, 4) is 33.6 Å². The van der Waals surface area contributed by atoms with E-state index in [4.69, 9.17) is 24.7 Å². The molecule has 7 aromatic carbocycles. The van der Waals surface area contributed by atoms with Gasteiger partial charge in [-0.3, -0.25) is 0 Å². The van der Waals surface area contributed by atoms with Gasteiger partial charge < -0.3 is 9.13 Å². The molecule has 0 saturated carbocycles. The van der Waals surface area contributed by atoms with Crippen molar-refractivity contribution in [1.29, 1.82) is 0 Å². The molecule has 0 aliphatic rings. The van der Waals surface area contributed by atoms with Crippen molar-refractivity contribution >= 4 is 43.6 Å². The lowest BCUT2D eigenvalue weighted by atomic mass is 10.1. The second-order valence-electron chi connectivity index (χ2n) is 9.34. The molecule has 9 rings (SSSR count). The summed E-state index contributed by atoms with van der Waals surface area (Å²) >= 11 is 0. The van der Waals surface area contributed by atoms with Gasteiger partial charge in [0.15, 0.2) is 0 Å². The number of benzene rings is 7. The zero-order chi connectivity index (χ0) is 52.5. The lowest BCUT2D eigenvalue weighted by Crippen LogP contribution is -1.95. The van der Waals surface area contributed by atoms with Crippen LogP contribution in [0.15, 0.2) is 169 Å². The van der Waals surface area contributed by atoms with Crippen LogP contribution < -0.4 is 0 Å². The molecule has 0 radical (unpaired) electrons. The van der Waals surface area contributed by atoms with Crippen molar-refractivity contribution in [2.45, 2.75) is 0 Å². The largest absolute Gasteiger partial charge is 0.309 e. The van der Waals surface area contributed by atoms with Gasteiger partial charge in [-0.1, -0.05) is 121 Å². The van der Waals surface area contributed by atoms with E-state index >= 15 is 0 Å². The summed E-state index contributed by atoms with van der Waals surface area (Å²) in [5.74, 6) is 0. The van der Waals surface area contributed by atoms with Crippen LogP contribution in [0.2, 0.25) is 0 Å². The van der Waals surface area contributed by atoms with E-state index < -0.39 is 229 Å². The Morgan fingerprint density at radius 1 is 0.318 bits per heavy atom. The normalized spacial score (nSPS) is 20.2. The molecule has 2 nitrogen and oxygen atoms in total. The Morgan fingerprint density at radius 3 is 1.20 bits per heavy atom. The van der Waals surface area contributed by atoms with Gasteiger partial charge in [-0.15, -0.1) is 0 Å². The van der Waals surface area contributed by atoms with Crippen LogP contribution >= 0.6 is 0 Å². The van der Waals surface area contributed by atoms with Gasteiger partial charge in [0.2, 0.25) is 0 Å². The Hall–Kier alpha value is -5.86. The van der Waals surface area contributed by atoms with Crippen molar-refractivity contribution in [3.05, 3.63) is 169 Å². The molecule has 206 valence electrons. The third-order valence-corrected chi connectivity index (χ3v) is 7.01. The molecule has 2 aromatic heterocycles. The minimum absolute atomic E-state index is 0.343. The Kier molecular flexibility index (Phi) is 2.20. The molecular formula is C42H28N2. The predicted molar refractivity (Wildman–Crippen MR) is 186 cm³/mol. The van der Waals surface area contributed by atoms with Crippen LogP contribution in [0.5, 0.6) is 0 Å². The van der Waals surface area contributed by atoms with E-state index in [0.717, 1.165) is 15.2 Å². The predicted octanol–water partition coefficient (Wildman–Crippen LogP) is 11.2. The standard InChI is InChI=1S/C42H28N2/c1-3-11-29(12-4-1)31-19-23-33(24-20-31)43-37-17-9-7-15-35(37)41-39(43)27-28-40-42(41)36-16-8-10-18-38(36)44(40)34-25-21-32(22-26-34)30-13-5-2-6-14-30/h1-28H/i1D,2D,3D,4D,5D,6D,7D,8D,9D,10D,11D,12D,13D,14D,15D,16D,17D,18D,19D,20D,21D,22D,23D,24D,25D,26D,27D. The van der Waals surface area contributed by atoms with Crippen LogP contribution in [0.3, 0.4) is 0 Å². The fourth-order valence-corrected chi connectivity index (χ4v) is 5.21. The first kappa shape index (κ1) is 9.83. The summed E-state index contributed by atoms with van der Waals surface area (Å²) in [4.78, 5) is 0. The van der Waals surface area contributed by atoms with Crippen molar-refractivity contribution in [3.63, 3.8) is 0 Å². The molecule has 9 aromatic rings. The second-order valence-corrected chi connectivity index (χ2v) is 9.34. The van der Waals surface area contributed by atoms with Crippen LogP contribution in [-0.2, 0) is 0 Å². The minimum atomic E-state index is -0.981. The van der Waals surface area contributed by atoms with Gasteiger partial charge >= 0.3 is 0 Å². The number of rotatable bonds is 4. The van der Waals surface area contributed by atoms with E-state index in [1.54, 1.807) is 0 Å². The van der Waals surface area contributed by atoms with Crippen molar-refractivity contribution in [1.82, 2.24) is 9.13 Å². The average molecular weight is 588 g/mol. The quantitative estimate of drug-likeness (QED) is 0.194. The first-order valence-corrected chi connectivity index (χ1v) is 12.9. The summed E-state index contributed by atoms with van der Waals surface area (Å²) in [6.07, 6.45) is 0. The van der Waals surface area contributed by atoms with Gasteiger partial charge in [-0.2, -0.15) is 0 Å². The highest BCUT2D eigenvalue weighted by Crippen LogP contribution is 2.42. The highest BCUT2D eigenvalue weighted by molar-refractivity contribution is 6.28. The summed E-state index contributed by atoms with van der Waals surface area (Å²) in [6, 6.07) is -22.7. The van der Waals surface area contributed by atoms with Crippen LogP contribution in [0.1, 0.15) is 37.0 Å². The van der Waals surface area contributed by atoms with Crippen LogP contribution in [0.4, 0.5) is 0 Å². The van der Waals surface area contributed by atoms with Crippen molar-refractivity contribution in [2.75, 3.05) is 0 Å². The fourth-order valence-electron chi connectivity index (χ4n) is 5.21. The van der Waals surface area contributed by atoms with E-state index in [0.29, 0.717) is 0 Å². The first-order valence-electron chi connectivity index (χ1n) is 26.4. The van der Waals surface area contributed by atoms with Gasteiger partial charge in [0.25, 0.3) is 0 Å². The summed E-state index contributed by atoms with van der Waals surface area (Å²) in [5.41, 5.74) is -6.28. The number of nitrogens with zero attached hydrogens (tertiary/aromatic N) is 2. The smallest absolute Gasteiger partial charge is 0.0646 e. The van der Waals surface area contributed by atoms with Gasteiger partial charge in [0, 0.05) is 32.9 Å². The lowest BCUT2D eigenvalue weighted by Gasteiger charge is -2.11. The molecular weight excluding hydrogens is 532 g/mol. The molecule has 0 bridgehead atoms. The third-order valence-electron chi connectivity index (χ3n) is 7.01. The highest BCUT2D eigenvalue weighted by atomic mass is 15.0. The van der Waals surface area contributed by atoms with Crippen LogP contribution in [-0.4, -0.2) is 9.13 Å². The summed E-state index contributed by atoms with van der Waals surface area (Å²) in [6.45, 7) is 0. The number of para-hydroxylation sites is 2. The zero-order valence-corrected chi connectivity index (χ0v) is 22.0. The Morgan fingerprint density at radius 2 is 0.705 bits per heavy atom. The summed E-state index contributed by atoms with van der Waals surface area (Å²) < 4.78 is 240. The molecule has 0 unspecified atom stereocenters. The summed E-state index contributed by atoms with van der Waals surface area (Å²) in [5, 5.41) is -1.69. The Labute approximate surface area is 293 Å². The molecule has 0 atom stereocenters.